The molecule has 3 heteroatoms. The lowest BCUT2D eigenvalue weighted by atomic mass is 9.83. The van der Waals surface area contributed by atoms with E-state index in [9.17, 15) is 8.78 Å². The third-order valence-electron chi connectivity index (χ3n) is 5.18. The van der Waals surface area contributed by atoms with Crippen LogP contribution in [0.2, 0.25) is 0 Å². The number of hydrogen-bond donors (Lipinski definition) is 0. The van der Waals surface area contributed by atoms with Crippen molar-refractivity contribution in [3.63, 3.8) is 0 Å². The van der Waals surface area contributed by atoms with Crippen LogP contribution in [-0.2, 0) is 0 Å². The summed E-state index contributed by atoms with van der Waals surface area (Å²) in [5.74, 6) is 0.356. The fraction of sp³-hybridized carbons (Fsp3) is 0.333. The Bertz CT molecular complexity index is 896. The minimum Gasteiger partial charge on any atom is -0.455 e. The van der Waals surface area contributed by atoms with Crippen molar-refractivity contribution < 1.29 is 13.2 Å². The van der Waals surface area contributed by atoms with Gasteiger partial charge in [0.25, 0.3) is 6.08 Å². The Morgan fingerprint density at radius 1 is 0.917 bits per heavy atom. The van der Waals surface area contributed by atoms with Gasteiger partial charge < -0.3 is 4.42 Å². The van der Waals surface area contributed by atoms with Crippen molar-refractivity contribution in [2.45, 2.75) is 38.5 Å². The summed E-state index contributed by atoms with van der Waals surface area (Å²) in [6.07, 6.45) is 4.50. The van der Waals surface area contributed by atoms with E-state index in [1.54, 1.807) is 6.07 Å². The molecule has 2 aromatic carbocycles. The van der Waals surface area contributed by atoms with Crippen molar-refractivity contribution in [1.82, 2.24) is 0 Å². The number of benzene rings is 2. The van der Waals surface area contributed by atoms with Crippen LogP contribution in [0, 0.1) is 5.92 Å². The lowest BCUT2D eigenvalue weighted by Gasteiger charge is -2.22. The number of hydrogen-bond acceptors (Lipinski definition) is 1. The third-order valence-corrected chi connectivity index (χ3v) is 5.18. The molecular formula is C21H20F2O. The Labute approximate surface area is 140 Å². The maximum atomic E-state index is 13.8. The number of allylic oxidation sites excluding steroid dienone is 1. The second-order valence-corrected chi connectivity index (χ2v) is 6.73. The summed E-state index contributed by atoms with van der Waals surface area (Å²) in [6.45, 7) is 0. The number of furan rings is 1. The maximum Gasteiger partial charge on any atom is 0.274 e. The lowest BCUT2D eigenvalue weighted by molar-refractivity contribution is 0.357. The number of fused-ring (bicyclic) bond motifs is 3. The first-order valence-corrected chi connectivity index (χ1v) is 8.69. The highest BCUT2D eigenvalue weighted by atomic mass is 19.3. The molecule has 4 rings (SSSR count). The predicted molar refractivity (Wildman–Crippen MR) is 94.0 cm³/mol. The Balaban J connectivity index is 1.82. The Kier molecular flexibility index (Phi) is 4.09. The van der Waals surface area contributed by atoms with Gasteiger partial charge in [-0.05, 0) is 18.4 Å². The van der Waals surface area contributed by atoms with Crippen LogP contribution < -0.4 is 0 Å². The molecule has 0 saturated heterocycles. The van der Waals surface area contributed by atoms with E-state index < -0.39 is 6.08 Å². The molecule has 124 valence electrons. The molecular weight excluding hydrogens is 306 g/mol. The van der Waals surface area contributed by atoms with E-state index in [-0.39, 0.29) is 5.57 Å². The van der Waals surface area contributed by atoms with Gasteiger partial charge >= 0.3 is 0 Å². The van der Waals surface area contributed by atoms with Gasteiger partial charge in [0.15, 0.2) is 0 Å². The highest BCUT2D eigenvalue weighted by Crippen LogP contribution is 2.39. The van der Waals surface area contributed by atoms with E-state index >= 15 is 0 Å². The van der Waals surface area contributed by atoms with Crippen LogP contribution in [0.1, 0.15) is 44.1 Å². The summed E-state index contributed by atoms with van der Waals surface area (Å²) < 4.78 is 33.5. The highest BCUT2D eigenvalue weighted by molar-refractivity contribution is 6.08. The molecule has 0 atom stereocenters. The quantitative estimate of drug-likeness (QED) is 0.497. The average molecular weight is 326 g/mol. The minimum atomic E-state index is -1.58. The first kappa shape index (κ1) is 15.4. The second-order valence-electron chi connectivity index (χ2n) is 6.73. The molecule has 1 aliphatic carbocycles. The monoisotopic (exact) mass is 326 g/mol. The van der Waals surface area contributed by atoms with Crippen LogP contribution in [0.4, 0.5) is 8.78 Å². The number of rotatable bonds is 3. The van der Waals surface area contributed by atoms with E-state index in [0.717, 1.165) is 42.0 Å². The smallest absolute Gasteiger partial charge is 0.274 e. The topological polar surface area (TPSA) is 13.1 Å². The largest absolute Gasteiger partial charge is 0.455 e. The van der Waals surface area contributed by atoms with E-state index in [4.69, 9.17) is 4.42 Å². The summed E-state index contributed by atoms with van der Waals surface area (Å²) >= 11 is 0. The summed E-state index contributed by atoms with van der Waals surface area (Å²) in [7, 11) is 0. The van der Waals surface area contributed by atoms with Crippen LogP contribution in [-0.4, -0.2) is 0 Å². The van der Waals surface area contributed by atoms with E-state index in [2.05, 4.69) is 0 Å². The summed E-state index contributed by atoms with van der Waals surface area (Å²) in [5.41, 5.74) is 2.04. The SMILES string of the molecule is FC(F)=C(CC1CCCCC1)c1cccc2c1oc1ccccc12. The molecule has 0 amide bonds. The predicted octanol–water partition coefficient (Wildman–Crippen LogP) is 7.16. The van der Waals surface area contributed by atoms with Crippen molar-refractivity contribution in [2.75, 3.05) is 0 Å². The van der Waals surface area contributed by atoms with Gasteiger partial charge in [0.2, 0.25) is 0 Å². The van der Waals surface area contributed by atoms with Crippen LogP contribution >= 0.6 is 0 Å². The van der Waals surface area contributed by atoms with Crippen molar-refractivity contribution in [2.24, 2.45) is 5.92 Å². The van der Waals surface area contributed by atoms with Crippen molar-refractivity contribution in [1.29, 1.82) is 0 Å². The molecule has 0 spiro atoms. The molecule has 0 aliphatic heterocycles. The zero-order chi connectivity index (χ0) is 16.5. The van der Waals surface area contributed by atoms with Gasteiger partial charge in [-0.25, -0.2) is 0 Å². The summed E-state index contributed by atoms with van der Waals surface area (Å²) in [5, 5.41) is 1.89. The highest BCUT2D eigenvalue weighted by Gasteiger charge is 2.22. The van der Waals surface area contributed by atoms with Crippen molar-refractivity contribution >= 4 is 27.5 Å². The van der Waals surface area contributed by atoms with Gasteiger partial charge in [-0.15, -0.1) is 0 Å². The molecule has 1 saturated carbocycles. The van der Waals surface area contributed by atoms with E-state index in [1.807, 2.05) is 36.4 Å². The van der Waals surface area contributed by atoms with Crippen molar-refractivity contribution in [3.05, 3.63) is 54.1 Å². The molecule has 0 bridgehead atoms. The number of para-hydroxylation sites is 2. The van der Waals surface area contributed by atoms with E-state index in [0.29, 0.717) is 23.5 Å². The molecule has 1 heterocycles. The van der Waals surface area contributed by atoms with Crippen LogP contribution in [0.15, 0.2) is 53.0 Å². The molecule has 3 aromatic rings. The Hall–Kier alpha value is -2.16. The third kappa shape index (κ3) is 2.72. The van der Waals surface area contributed by atoms with Gasteiger partial charge in [-0.3, -0.25) is 0 Å². The molecule has 1 fully saturated rings. The first-order chi connectivity index (χ1) is 11.7. The Morgan fingerprint density at radius 3 is 2.46 bits per heavy atom. The maximum absolute atomic E-state index is 13.8. The first-order valence-electron chi connectivity index (χ1n) is 8.69. The van der Waals surface area contributed by atoms with E-state index in [1.165, 1.54) is 6.42 Å². The zero-order valence-corrected chi connectivity index (χ0v) is 13.5. The van der Waals surface area contributed by atoms with Gasteiger partial charge in [0, 0.05) is 21.9 Å². The van der Waals surface area contributed by atoms with Gasteiger partial charge in [-0.2, -0.15) is 8.78 Å². The normalized spacial score (nSPS) is 15.9. The van der Waals surface area contributed by atoms with Crippen LogP contribution in [0.5, 0.6) is 0 Å². The minimum absolute atomic E-state index is 0.159. The number of halogens is 2. The zero-order valence-electron chi connectivity index (χ0n) is 13.5. The molecule has 1 aromatic heterocycles. The second kappa shape index (κ2) is 6.39. The Morgan fingerprint density at radius 2 is 1.67 bits per heavy atom. The van der Waals surface area contributed by atoms with Gasteiger partial charge in [-0.1, -0.05) is 68.5 Å². The molecule has 0 unspecified atom stereocenters. The van der Waals surface area contributed by atoms with Crippen LogP contribution in [0.25, 0.3) is 27.5 Å². The molecule has 1 aliphatic rings. The standard InChI is InChI=1S/C21H20F2O/c22-21(23)18(13-14-7-2-1-3-8-14)17-11-6-10-16-15-9-4-5-12-19(15)24-20(16)17/h4-6,9-12,14H,1-3,7-8,13H2. The van der Waals surface area contributed by atoms with Crippen LogP contribution in [0.3, 0.4) is 0 Å². The fourth-order valence-corrected chi connectivity index (χ4v) is 3.95. The molecule has 0 radical (unpaired) electrons. The summed E-state index contributed by atoms with van der Waals surface area (Å²) in [6, 6.07) is 13.3. The average Bonchev–Trinajstić information content (AvgIpc) is 2.99. The lowest BCUT2D eigenvalue weighted by Crippen LogP contribution is -2.07. The van der Waals surface area contributed by atoms with Gasteiger partial charge in [0.05, 0.1) is 0 Å². The fourth-order valence-electron chi connectivity index (χ4n) is 3.95. The molecule has 1 nitrogen and oxygen atoms in total. The summed E-state index contributed by atoms with van der Waals surface area (Å²) in [4.78, 5) is 0. The van der Waals surface area contributed by atoms with Gasteiger partial charge in [0.1, 0.15) is 11.2 Å². The molecule has 24 heavy (non-hydrogen) atoms. The molecule has 0 N–H and O–H groups in total. The van der Waals surface area contributed by atoms with Crippen molar-refractivity contribution in [3.8, 4) is 0 Å².